The van der Waals surface area contributed by atoms with Gasteiger partial charge in [-0.3, -0.25) is 4.90 Å². The number of carbonyl (C=O) groups excluding carboxylic acids is 1. The Kier molecular flexibility index (Phi) is 6.88. The van der Waals surface area contributed by atoms with Crippen LogP contribution in [0.3, 0.4) is 0 Å². The molecule has 2 aromatic carbocycles. The van der Waals surface area contributed by atoms with Crippen LogP contribution in [0.2, 0.25) is 0 Å². The molecular formula is C21H25N3O4S. The first kappa shape index (κ1) is 22.2. The van der Waals surface area contributed by atoms with Gasteiger partial charge in [-0.1, -0.05) is 30.3 Å². The largest absolute Gasteiger partial charge is 0.487 e. The molecule has 154 valence electrons. The van der Waals surface area contributed by atoms with Crippen molar-refractivity contribution in [2.75, 3.05) is 18.2 Å². The number of hydrogen-bond acceptors (Lipinski definition) is 6. The van der Waals surface area contributed by atoms with Gasteiger partial charge in [0.1, 0.15) is 18.0 Å². The summed E-state index contributed by atoms with van der Waals surface area (Å²) in [6, 6.07) is 14.3. The molecule has 0 radical (unpaired) electrons. The minimum atomic E-state index is -2.93. The van der Waals surface area contributed by atoms with Crippen LogP contribution in [-0.4, -0.2) is 29.2 Å². The van der Waals surface area contributed by atoms with Crippen molar-refractivity contribution < 1.29 is 18.5 Å². The monoisotopic (exact) mass is 415 g/mol. The molecular weight excluding hydrogens is 390 g/mol. The number of hydrogen-bond donors (Lipinski definition) is 0. The predicted octanol–water partition coefficient (Wildman–Crippen LogP) is 4.57. The Morgan fingerprint density at radius 3 is 2.45 bits per heavy atom. The Bertz CT molecular complexity index is 1030. The second-order valence-corrected chi connectivity index (χ2v) is 9.70. The summed E-state index contributed by atoms with van der Waals surface area (Å²) in [6.45, 7) is 5.60. The predicted molar refractivity (Wildman–Crippen MR) is 112 cm³/mol. The van der Waals surface area contributed by atoms with Gasteiger partial charge >= 0.3 is 6.09 Å². The lowest BCUT2D eigenvalue weighted by molar-refractivity contribution is 0.0588. The molecule has 29 heavy (non-hydrogen) atoms. The van der Waals surface area contributed by atoms with Crippen LogP contribution in [0.1, 0.15) is 26.3 Å². The number of nitrogens with zero attached hydrogens (tertiary/aromatic N) is 3. The van der Waals surface area contributed by atoms with Crippen molar-refractivity contribution >= 4 is 21.5 Å². The zero-order valence-corrected chi connectivity index (χ0v) is 18.0. The number of rotatable bonds is 5. The topological polar surface area (TPSA) is 92.0 Å². The van der Waals surface area contributed by atoms with Crippen molar-refractivity contribution in [1.29, 1.82) is 5.26 Å². The molecule has 0 spiro atoms. The maximum Gasteiger partial charge on any atom is 0.414 e. The average molecular weight is 416 g/mol. The maximum absolute atomic E-state index is 12.7. The van der Waals surface area contributed by atoms with Crippen molar-refractivity contribution in [2.45, 2.75) is 37.9 Å². The van der Waals surface area contributed by atoms with E-state index in [1.165, 1.54) is 17.2 Å². The second-order valence-electron chi connectivity index (χ2n) is 7.44. The second kappa shape index (κ2) is 8.97. The van der Waals surface area contributed by atoms with Crippen LogP contribution in [0.15, 0.2) is 57.8 Å². The fourth-order valence-electron chi connectivity index (χ4n) is 2.41. The van der Waals surface area contributed by atoms with Crippen molar-refractivity contribution in [3.63, 3.8) is 0 Å². The Morgan fingerprint density at radius 1 is 1.21 bits per heavy atom. The fraction of sp³-hybridized carbons (Fsp3) is 0.333. The van der Waals surface area contributed by atoms with E-state index in [9.17, 15) is 9.00 Å². The number of anilines is 1. The van der Waals surface area contributed by atoms with E-state index in [0.29, 0.717) is 22.9 Å². The molecule has 1 amide bonds. The maximum atomic E-state index is 12.7. The normalized spacial score (nSPS) is 13.0. The minimum Gasteiger partial charge on any atom is -0.487 e. The minimum absolute atomic E-state index is 0.291. The number of benzene rings is 2. The third-order valence-electron chi connectivity index (χ3n) is 3.85. The van der Waals surface area contributed by atoms with Gasteiger partial charge in [-0.05, 0) is 44.5 Å². The van der Waals surface area contributed by atoms with Gasteiger partial charge < -0.3 is 9.47 Å². The zero-order chi connectivity index (χ0) is 21.7. The Balaban J connectivity index is 2.44. The van der Waals surface area contributed by atoms with Gasteiger partial charge in [-0.25, -0.2) is 9.00 Å². The number of carbonyl (C=O) groups is 1. The van der Waals surface area contributed by atoms with Gasteiger partial charge in [0.25, 0.3) is 0 Å². The first-order valence-electron chi connectivity index (χ1n) is 8.91. The van der Waals surface area contributed by atoms with Crippen LogP contribution in [0, 0.1) is 11.5 Å². The molecule has 0 saturated carbocycles. The quantitative estimate of drug-likeness (QED) is 0.667. The highest BCUT2D eigenvalue weighted by atomic mass is 32.2. The van der Waals surface area contributed by atoms with E-state index in [4.69, 9.17) is 14.7 Å². The Labute approximate surface area is 172 Å². The molecule has 1 unspecified atom stereocenters. The van der Waals surface area contributed by atoms with Crippen molar-refractivity contribution in [2.24, 2.45) is 4.36 Å². The smallest absolute Gasteiger partial charge is 0.414 e. The molecule has 0 N–H and O–H groups in total. The summed E-state index contributed by atoms with van der Waals surface area (Å²) in [7, 11) is -1.39. The van der Waals surface area contributed by atoms with E-state index in [1.807, 2.05) is 30.3 Å². The van der Waals surface area contributed by atoms with Gasteiger partial charge in [0.05, 0.1) is 20.3 Å². The molecule has 0 saturated heterocycles. The van der Waals surface area contributed by atoms with Crippen molar-refractivity contribution in [1.82, 2.24) is 0 Å². The van der Waals surface area contributed by atoms with Gasteiger partial charge in [-0.15, -0.1) is 4.36 Å². The first-order valence-corrected chi connectivity index (χ1v) is 10.8. The van der Waals surface area contributed by atoms with Crippen LogP contribution < -0.4 is 9.64 Å². The van der Waals surface area contributed by atoms with Gasteiger partial charge in [0.15, 0.2) is 0 Å². The highest BCUT2D eigenvalue weighted by Gasteiger charge is 2.24. The molecule has 0 aromatic heterocycles. The van der Waals surface area contributed by atoms with Crippen LogP contribution in [0.25, 0.3) is 0 Å². The average Bonchev–Trinajstić information content (AvgIpc) is 2.65. The fourth-order valence-corrected chi connectivity index (χ4v) is 3.32. The highest BCUT2D eigenvalue weighted by Crippen LogP contribution is 2.32. The summed E-state index contributed by atoms with van der Waals surface area (Å²) in [5, 5.41) is 8.82. The third kappa shape index (κ3) is 6.22. The van der Waals surface area contributed by atoms with Gasteiger partial charge in [0.2, 0.25) is 6.19 Å². The van der Waals surface area contributed by atoms with Gasteiger partial charge in [0, 0.05) is 13.3 Å². The van der Waals surface area contributed by atoms with Crippen LogP contribution in [0.4, 0.5) is 10.5 Å². The molecule has 2 rings (SSSR count). The lowest BCUT2D eigenvalue weighted by Crippen LogP contribution is -2.34. The van der Waals surface area contributed by atoms with Crippen LogP contribution in [0.5, 0.6) is 5.75 Å². The summed E-state index contributed by atoms with van der Waals surface area (Å²) in [4.78, 5) is 14.2. The molecule has 1 atom stereocenters. The van der Waals surface area contributed by atoms with Crippen LogP contribution in [-0.2, 0) is 21.1 Å². The van der Waals surface area contributed by atoms with E-state index >= 15 is 0 Å². The Hall–Kier alpha value is -3.05. The van der Waals surface area contributed by atoms with E-state index in [2.05, 4.69) is 4.36 Å². The van der Waals surface area contributed by atoms with Crippen LogP contribution >= 0.6 is 0 Å². The lowest BCUT2D eigenvalue weighted by atomic mass is 10.2. The van der Waals surface area contributed by atoms with Gasteiger partial charge in [-0.2, -0.15) is 5.26 Å². The molecule has 7 nitrogen and oxygen atoms in total. The highest BCUT2D eigenvalue weighted by molar-refractivity contribution is 7.93. The van der Waals surface area contributed by atoms with E-state index in [-0.39, 0.29) is 0 Å². The van der Waals surface area contributed by atoms with Crippen molar-refractivity contribution in [3.8, 4) is 11.9 Å². The molecule has 0 fully saturated rings. The summed E-state index contributed by atoms with van der Waals surface area (Å²) in [5.41, 5.74) is 0.652. The van der Waals surface area contributed by atoms with E-state index in [0.717, 1.165) is 5.56 Å². The zero-order valence-electron chi connectivity index (χ0n) is 17.2. The molecule has 0 aliphatic heterocycles. The summed E-state index contributed by atoms with van der Waals surface area (Å²) in [6.07, 6.45) is 2.37. The van der Waals surface area contributed by atoms with E-state index in [1.54, 1.807) is 46.1 Å². The number of amides is 1. The lowest BCUT2D eigenvalue weighted by Gasteiger charge is -2.26. The SMILES string of the molecule is CN(C(=O)OC(C)(C)C)c1cc(S(C)(=O)=NC#N)ccc1OCc1ccccc1. The molecule has 0 aliphatic carbocycles. The summed E-state index contributed by atoms with van der Waals surface area (Å²) < 4.78 is 27.5. The number of ether oxygens (including phenoxy) is 2. The molecule has 0 aliphatic rings. The first-order chi connectivity index (χ1) is 13.5. The molecule has 8 heteroatoms. The Morgan fingerprint density at radius 2 is 1.86 bits per heavy atom. The summed E-state index contributed by atoms with van der Waals surface area (Å²) >= 11 is 0. The third-order valence-corrected chi connectivity index (χ3v) is 5.41. The molecule has 2 aromatic rings. The standard InChI is InChI=1S/C21H25N3O4S/c1-21(2,3)28-20(25)24(4)18-13-17(29(5,26)23-15-22)11-12-19(18)27-14-16-9-7-6-8-10-16/h6-13H,14H2,1-5H3. The van der Waals surface area contributed by atoms with E-state index < -0.39 is 21.4 Å². The summed E-state index contributed by atoms with van der Waals surface area (Å²) in [5.74, 6) is 0.415. The number of nitriles is 1. The van der Waals surface area contributed by atoms with Crippen molar-refractivity contribution in [3.05, 3.63) is 54.1 Å². The molecule has 0 bridgehead atoms. The molecule has 0 heterocycles.